The Bertz CT molecular complexity index is 2860. The van der Waals surface area contributed by atoms with Crippen LogP contribution in [0.3, 0.4) is 0 Å². The quantitative estimate of drug-likeness (QED) is 0.0378. The number of hydrogen-bond donors (Lipinski definition) is 5. The molecule has 0 bridgehead atoms. The van der Waals surface area contributed by atoms with Crippen molar-refractivity contribution >= 4 is 47.0 Å². The lowest BCUT2D eigenvalue weighted by molar-refractivity contribution is -0.131. The number of imide groups is 1. The molecule has 0 aliphatic rings. The van der Waals surface area contributed by atoms with E-state index in [0.717, 1.165) is 41.0 Å². The van der Waals surface area contributed by atoms with Crippen molar-refractivity contribution in [2.45, 2.75) is 84.9 Å². The zero-order valence-electron chi connectivity index (χ0n) is 38.8. The van der Waals surface area contributed by atoms with E-state index in [1.807, 2.05) is 30.3 Å². The average Bonchev–Trinajstić information content (AvgIpc) is 3.76. The zero-order valence-corrected chi connectivity index (χ0v) is 38.8. The number of aldehydes is 1. The molecule has 6 rings (SSSR count). The summed E-state index contributed by atoms with van der Waals surface area (Å²) in [7, 11) is 3.02. The Morgan fingerprint density at radius 2 is 1.64 bits per heavy atom. The number of carbonyl (C=O) groups excluding carboxylic acids is 5. The summed E-state index contributed by atoms with van der Waals surface area (Å²) < 4.78 is 22.1. The molecular formula is C52H57FN6O8. The molecule has 350 valence electrons. The molecule has 15 heteroatoms. The number of fused-ring (bicyclic) bond motifs is 1. The number of rotatable bonds is 20. The van der Waals surface area contributed by atoms with E-state index < -0.39 is 29.4 Å². The second-order valence-electron chi connectivity index (χ2n) is 17.2. The van der Waals surface area contributed by atoms with Gasteiger partial charge in [0.15, 0.2) is 0 Å². The van der Waals surface area contributed by atoms with Gasteiger partial charge in [-0.3, -0.25) is 28.9 Å². The lowest BCUT2D eigenvalue weighted by atomic mass is 9.93. The number of H-pyrrole nitrogens is 1. The van der Waals surface area contributed by atoms with Gasteiger partial charge in [-0.15, -0.1) is 0 Å². The zero-order chi connectivity index (χ0) is 48.6. The van der Waals surface area contributed by atoms with Crippen molar-refractivity contribution in [3.63, 3.8) is 0 Å². The number of benzene rings is 4. The number of aliphatic hydroxyl groups is 1. The van der Waals surface area contributed by atoms with Crippen molar-refractivity contribution < 1.29 is 38.2 Å². The smallest absolute Gasteiger partial charge is 0.274 e. The van der Waals surface area contributed by atoms with Crippen molar-refractivity contribution in [3.8, 4) is 22.6 Å². The number of likely N-dealkylation sites (N-methyl/N-ethyl adjacent to an activating group) is 1. The number of anilines is 1. The Balaban J connectivity index is 1.08. The van der Waals surface area contributed by atoms with Crippen molar-refractivity contribution in [3.05, 3.63) is 146 Å². The van der Waals surface area contributed by atoms with Gasteiger partial charge in [0.1, 0.15) is 40.9 Å². The minimum absolute atomic E-state index is 0.0173. The van der Waals surface area contributed by atoms with Crippen LogP contribution in [0, 0.1) is 26.6 Å². The Hall–Kier alpha value is -7.39. The van der Waals surface area contributed by atoms with Crippen LogP contribution in [0.1, 0.15) is 93.8 Å². The van der Waals surface area contributed by atoms with Gasteiger partial charge in [-0.25, -0.2) is 4.39 Å². The summed E-state index contributed by atoms with van der Waals surface area (Å²) in [6, 6.07) is 21.7. The molecular weight excluding hydrogens is 856 g/mol. The number of aromatic nitrogens is 2. The molecule has 1 unspecified atom stereocenters. The normalized spacial score (nSPS) is 11.8. The molecule has 0 radical (unpaired) electrons. The minimum Gasteiger partial charge on any atom is -0.456 e. The van der Waals surface area contributed by atoms with Crippen LogP contribution in [0.25, 0.3) is 22.0 Å². The number of halogens is 1. The number of nitrogens with one attached hydrogen (secondary N) is 4. The summed E-state index contributed by atoms with van der Waals surface area (Å²) in [4.78, 5) is 79.8. The number of hydrogen-bond acceptors (Lipinski definition) is 9. The molecule has 0 fully saturated rings. The number of amides is 4. The van der Waals surface area contributed by atoms with E-state index in [-0.39, 0.29) is 47.5 Å². The molecule has 0 saturated carbocycles. The second-order valence-corrected chi connectivity index (χ2v) is 17.2. The molecule has 0 saturated heterocycles. The highest BCUT2D eigenvalue weighted by molar-refractivity contribution is 6.05. The SMILES string of the molecule is CNC(=O)C(CCC=O)N(C=O)C(=O)c1cccc(NCCCCc2ccc(CNC(=O)c3cc4c(-c5cc(C(C)(C)O)ccc5Oc5c(C)cc(F)cc5C)cn(C)c(=O)c4[nH]3)cc2)c1C. The van der Waals surface area contributed by atoms with Crippen molar-refractivity contribution in [1.82, 2.24) is 25.1 Å². The lowest BCUT2D eigenvalue weighted by Crippen LogP contribution is -2.48. The highest BCUT2D eigenvalue weighted by Gasteiger charge is 2.31. The minimum atomic E-state index is -1.21. The van der Waals surface area contributed by atoms with Gasteiger partial charge in [0.25, 0.3) is 17.4 Å². The monoisotopic (exact) mass is 912 g/mol. The summed E-state index contributed by atoms with van der Waals surface area (Å²) >= 11 is 0. The number of aromatic amines is 1. The van der Waals surface area contributed by atoms with Crippen LogP contribution in [0.2, 0.25) is 0 Å². The molecule has 14 nitrogen and oxygen atoms in total. The highest BCUT2D eigenvalue weighted by atomic mass is 19.1. The predicted molar refractivity (Wildman–Crippen MR) is 256 cm³/mol. The molecule has 6 aromatic rings. The van der Waals surface area contributed by atoms with E-state index in [1.54, 1.807) is 84.3 Å². The summed E-state index contributed by atoms with van der Waals surface area (Å²) in [5, 5.41) is 20.2. The molecule has 1 atom stereocenters. The van der Waals surface area contributed by atoms with Crippen LogP contribution in [0.15, 0.2) is 89.9 Å². The number of carbonyl (C=O) groups is 5. The maximum atomic E-state index is 14.2. The third-order valence-electron chi connectivity index (χ3n) is 11.9. The fourth-order valence-electron chi connectivity index (χ4n) is 8.08. The average molecular weight is 913 g/mol. The lowest BCUT2D eigenvalue weighted by Gasteiger charge is -2.26. The van der Waals surface area contributed by atoms with E-state index in [4.69, 9.17) is 4.74 Å². The Morgan fingerprint density at radius 1 is 0.940 bits per heavy atom. The van der Waals surface area contributed by atoms with Crippen molar-refractivity contribution in [2.24, 2.45) is 7.05 Å². The maximum Gasteiger partial charge on any atom is 0.274 e. The van der Waals surface area contributed by atoms with E-state index in [9.17, 15) is 38.3 Å². The first-order valence-electron chi connectivity index (χ1n) is 22.1. The molecule has 4 aromatic carbocycles. The molecule has 0 aliphatic carbocycles. The maximum absolute atomic E-state index is 14.2. The number of aryl methyl sites for hydroxylation is 4. The fraction of sp³-hybridized carbons (Fsp3) is 0.308. The van der Waals surface area contributed by atoms with Gasteiger partial charge in [-0.2, -0.15) is 0 Å². The molecule has 67 heavy (non-hydrogen) atoms. The van der Waals surface area contributed by atoms with Crippen molar-refractivity contribution in [1.29, 1.82) is 0 Å². The molecule has 0 aliphatic heterocycles. The van der Waals surface area contributed by atoms with Crippen LogP contribution in [0.5, 0.6) is 11.5 Å². The molecule has 2 heterocycles. The Kier molecular flexibility index (Phi) is 15.6. The summed E-state index contributed by atoms with van der Waals surface area (Å²) in [5.74, 6) is -1.05. The van der Waals surface area contributed by atoms with Gasteiger partial charge >= 0.3 is 0 Å². The van der Waals surface area contributed by atoms with Gasteiger partial charge in [0, 0.05) is 67.6 Å². The standard InChI is InChI=1S/C52H57FN6O8/c1-31-24-37(53)25-32(2)47(31)67-45-21-20-36(52(4,5)66)26-39(45)41-29-58(7)51(65)46-40(41)27-43(57-46)48(62)56-28-35-18-16-34(17-19-35)12-8-9-22-55-42-14-10-13-38(33(42)3)50(64)59(30-61)44(15-11-23-60)49(63)54-6/h10,13-14,16-21,23-27,29-30,44,55,57,66H,8-9,11-12,15,22,28H2,1-7H3,(H,54,63)(H,56,62). The highest BCUT2D eigenvalue weighted by Crippen LogP contribution is 2.41. The third kappa shape index (κ3) is 11.4. The van der Waals surface area contributed by atoms with Gasteiger partial charge in [-0.1, -0.05) is 36.4 Å². The van der Waals surface area contributed by atoms with E-state index >= 15 is 0 Å². The molecule has 0 spiro atoms. The Labute approximate surface area is 388 Å². The van der Waals surface area contributed by atoms with Crippen molar-refractivity contribution in [2.75, 3.05) is 18.9 Å². The largest absolute Gasteiger partial charge is 0.456 e. The first-order chi connectivity index (χ1) is 31.9. The summed E-state index contributed by atoms with van der Waals surface area (Å²) in [6.45, 7) is 9.49. The predicted octanol–water partition coefficient (Wildman–Crippen LogP) is 7.67. The van der Waals surface area contributed by atoms with Crippen LogP contribution >= 0.6 is 0 Å². The van der Waals surface area contributed by atoms with Gasteiger partial charge in [0.05, 0.1) is 5.60 Å². The van der Waals surface area contributed by atoms with E-state index in [0.29, 0.717) is 69.5 Å². The van der Waals surface area contributed by atoms with Crippen LogP contribution < -0.4 is 26.2 Å². The second kappa shape index (κ2) is 21.3. The first kappa shape index (κ1) is 49.1. The van der Waals surface area contributed by atoms with Gasteiger partial charge < -0.3 is 40.1 Å². The van der Waals surface area contributed by atoms with E-state index in [2.05, 4.69) is 20.9 Å². The Morgan fingerprint density at radius 3 is 2.30 bits per heavy atom. The topological polar surface area (TPSA) is 192 Å². The third-order valence-corrected chi connectivity index (χ3v) is 11.9. The molecule has 5 N–H and O–H groups in total. The van der Waals surface area contributed by atoms with E-state index in [1.165, 1.54) is 23.7 Å². The fourth-order valence-corrected chi connectivity index (χ4v) is 8.08. The molecule has 4 amide bonds. The van der Waals surface area contributed by atoms with Gasteiger partial charge in [0.2, 0.25) is 12.3 Å². The van der Waals surface area contributed by atoms with Gasteiger partial charge in [-0.05, 0) is 136 Å². The summed E-state index contributed by atoms with van der Waals surface area (Å²) in [5.41, 5.74) is 5.44. The van der Waals surface area contributed by atoms with Crippen LogP contribution in [-0.2, 0) is 40.0 Å². The number of pyridine rings is 1. The molecule has 2 aromatic heterocycles. The number of nitrogens with zero attached hydrogens (tertiary/aromatic N) is 2. The van der Waals surface area contributed by atoms with Crippen LogP contribution in [-0.4, -0.2) is 69.6 Å². The van der Waals surface area contributed by atoms with Crippen LogP contribution in [0.4, 0.5) is 10.1 Å². The number of unbranched alkanes of at least 4 members (excludes halogenated alkanes) is 1. The number of ether oxygens (including phenoxy) is 1. The first-order valence-corrected chi connectivity index (χ1v) is 22.1. The summed E-state index contributed by atoms with van der Waals surface area (Å²) in [6.07, 6.45) is 5.17.